The van der Waals surface area contributed by atoms with Gasteiger partial charge in [0, 0.05) is 20.2 Å². The highest BCUT2D eigenvalue weighted by Crippen LogP contribution is 2.13. The Kier molecular flexibility index (Phi) is 3.46. The fourth-order valence-electron chi connectivity index (χ4n) is 2.23. The van der Waals surface area contributed by atoms with Gasteiger partial charge in [0.2, 0.25) is 0 Å². The van der Waals surface area contributed by atoms with Crippen LogP contribution in [0.4, 0.5) is 0 Å². The van der Waals surface area contributed by atoms with E-state index < -0.39 is 0 Å². The van der Waals surface area contributed by atoms with Crippen molar-refractivity contribution in [2.24, 2.45) is 14.1 Å². The van der Waals surface area contributed by atoms with Crippen LogP contribution in [-0.4, -0.2) is 25.2 Å². The molecular formula is C15H15N5O2. The maximum absolute atomic E-state index is 12.1. The Balaban J connectivity index is 1.78. The average Bonchev–Trinajstić information content (AvgIpc) is 2.84. The van der Waals surface area contributed by atoms with Crippen LogP contribution in [0.25, 0.3) is 11.0 Å². The lowest BCUT2D eigenvalue weighted by Crippen LogP contribution is -2.28. The van der Waals surface area contributed by atoms with E-state index in [1.165, 1.54) is 19.2 Å². The van der Waals surface area contributed by atoms with Gasteiger partial charge in [-0.3, -0.25) is 9.59 Å². The Hall–Kier alpha value is -2.96. The highest BCUT2D eigenvalue weighted by Gasteiger charge is 2.11. The lowest BCUT2D eigenvalue weighted by molar-refractivity contribution is 0.0942. The molecular weight excluding hydrogens is 282 g/mol. The summed E-state index contributed by atoms with van der Waals surface area (Å²) in [6.45, 7) is 0.286. The van der Waals surface area contributed by atoms with Gasteiger partial charge in [-0.2, -0.15) is 5.10 Å². The molecule has 3 rings (SSSR count). The van der Waals surface area contributed by atoms with Gasteiger partial charge < -0.3 is 9.88 Å². The Morgan fingerprint density at radius 3 is 2.68 bits per heavy atom. The second-order valence-corrected chi connectivity index (χ2v) is 4.94. The number of hydrogen-bond acceptors (Lipinski definition) is 4. The molecule has 0 saturated heterocycles. The fourth-order valence-corrected chi connectivity index (χ4v) is 2.23. The summed E-state index contributed by atoms with van der Waals surface area (Å²) >= 11 is 0. The van der Waals surface area contributed by atoms with Gasteiger partial charge in [0.25, 0.3) is 11.5 Å². The van der Waals surface area contributed by atoms with Crippen LogP contribution in [0.1, 0.15) is 16.3 Å². The number of fused-ring (bicyclic) bond motifs is 1. The third kappa shape index (κ3) is 2.48. The molecule has 2 aromatic heterocycles. The molecule has 0 unspecified atom stereocenters. The van der Waals surface area contributed by atoms with Crippen molar-refractivity contribution in [1.82, 2.24) is 24.6 Å². The molecule has 0 spiro atoms. The number of rotatable bonds is 3. The molecule has 0 atom stereocenters. The largest absolute Gasteiger partial charge is 0.343 e. The van der Waals surface area contributed by atoms with E-state index in [4.69, 9.17) is 0 Å². The monoisotopic (exact) mass is 297 g/mol. The minimum atomic E-state index is -0.345. The maximum atomic E-state index is 12.1. The SMILES string of the molecule is Cn1nc(C(=O)NCc2nc3ccccc3n2C)ccc1=O. The van der Waals surface area contributed by atoms with Gasteiger partial charge in [-0.05, 0) is 18.2 Å². The number of aryl methyl sites for hydroxylation is 2. The Morgan fingerprint density at radius 1 is 1.18 bits per heavy atom. The quantitative estimate of drug-likeness (QED) is 0.767. The first-order chi connectivity index (χ1) is 10.6. The first-order valence-electron chi connectivity index (χ1n) is 6.79. The normalized spacial score (nSPS) is 10.8. The summed E-state index contributed by atoms with van der Waals surface area (Å²) in [5, 5.41) is 6.68. The van der Waals surface area contributed by atoms with Gasteiger partial charge in [-0.25, -0.2) is 9.67 Å². The second-order valence-electron chi connectivity index (χ2n) is 4.94. The van der Waals surface area contributed by atoms with Crippen LogP contribution in [0.5, 0.6) is 0 Å². The van der Waals surface area contributed by atoms with Gasteiger partial charge in [0.15, 0.2) is 0 Å². The van der Waals surface area contributed by atoms with E-state index in [0.717, 1.165) is 21.5 Å². The van der Waals surface area contributed by atoms with Crippen LogP contribution in [0.15, 0.2) is 41.2 Å². The number of aromatic nitrogens is 4. The zero-order valence-corrected chi connectivity index (χ0v) is 12.3. The van der Waals surface area contributed by atoms with Gasteiger partial charge in [0.1, 0.15) is 11.5 Å². The molecule has 1 amide bonds. The van der Waals surface area contributed by atoms with Crippen LogP contribution in [-0.2, 0) is 20.6 Å². The van der Waals surface area contributed by atoms with Gasteiger partial charge in [-0.15, -0.1) is 0 Å². The first kappa shape index (κ1) is 14.0. The molecule has 7 heteroatoms. The zero-order chi connectivity index (χ0) is 15.7. The number of carbonyl (C=O) groups is 1. The van der Waals surface area contributed by atoms with E-state index in [2.05, 4.69) is 15.4 Å². The summed E-state index contributed by atoms with van der Waals surface area (Å²) < 4.78 is 3.06. The van der Waals surface area contributed by atoms with E-state index in [9.17, 15) is 9.59 Å². The molecule has 112 valence electrons. The predicted octanol–water partition coefficient (Wildman–Crippen LogP) is 0.597. The Labute approximate surface area is 126 Å². The molecule has 0 aliphatic rings. The molecule has 2 heterocycles. The molecule has 1 N–H and O–H groups in total. The maximum Gasteiger partial charge on any atom is 0.272 e. The van der Waals surface area contributed by atoms with Gasteiger partial charge >= 0.3 is 0 Å². The van der Waals surface area contributed by atoms with Crippen molar-refractivity contribution in [2.45, 2.75) is 6.54 Å². The van der Waals surface area contributed by atoms with E-state index in [1.807, 2.05) is 35.9 Å². The highest BCUT2D eigenvalue weighted by molar-refractivity contribution is 5.92. The predicted molar refractivity (Wildman–Crippen MR) is 81.4 cm³/mol. The van der Waals surface area contributed by atoms with Crippen LogP contribution < -0.4 is 10.9 Å². The number of imidazole rings is 1. The van der Waals surface area contributed by atoms with Gasteiger partial charge in [-0.1, -0.05) is 12.1 Å². The third-order valence-corrected chi connectivity index (χ3v) is 3.48. The van der Waals surface area contributed by atoms with Crippen molar-refractivity contribution < 1.29 is 4.79 Å². The molecule has 3 aromatic rings. The molecule has 0 bridgehead atoms. The van der Waals surface area contributed by atoms with Crippen molar-refractivity contribution in [1.29, 1.82) is 0 Å². The van der Waals surface area contributed by atoms with E-state index in [1.54, 1.807) is 0 Å². The molecule has 22 heavy (non-hydrogen) atoms. The zero-order valence-electron chi connectivity index (χ0n) is 12.3. The molecule has 0 aliphatic carbocycles. The molecule has 1 aromatic carbocycles. The minimum Gasteiger partial charge on any atom is -0.343 e. The fraction of sp³-hybridized carbons (Fsp3) is 0.200. The van der Waals surface area contributed by atoms with Crippen LogP contribution >= 0.6 is 0 Å². The van der Waals surface area contributed by atoms with Crippen LogP contribution in [0.2, 0.25) is 0 Å². The van der Waals surface area contributed by atoms with Crippen molar-refractivity contribution in [3.63, 3.8) is 0 Å². The van der Waals surface area contributed by atoms with Crippen molar-refractivity contribution in [2.75, 3.05) is 0 Å². The van der Waals surface area contributed by atoms with E-state index >= 15 is 0 Å². The van der Waals surface area contributed by atoms with Crippen molar-refractivity contribution >= 4 is 16.9 Å². The molecule has 0 aliphatic heterocycles. The summed E-state index contributed by atoms with van der Waals surface area (Å²) in [6.07, 6.45) is 0. The lowest BCUT2D eigenvalue weighted by atomic mass is 10.3. The summed E-state index contributed by atoms with van der Waals surface area (Å²) in [5.41, 5.74) is 1.83. The number of carbonyl (C=O) groups excluding carboxylic acids is 1. The highest BCUT2D eigenvalue weighted by atomic mass is 16.2. The number of para-hydroxylation sites is 2. The van der Waals surface area contributed by atoms with Crippen molar-refractivity contribution in [3.8, 4) is 0 Å². The molecule has 0 saturated carbocycles. The smallest absolute Gasteiger partial charge is 0.272 e. The van der Waals surface area contributed by atoms with Crippen LogP contribution in [0, 0.1) is 0 Å². The van der Waals surface area contributed by atoms with E-state index in [0.29, 0.717) is 0 Å². The summed E-state index contributed by atoms with van der Waals surface area (Å²) in [7, 11) is 3.41. The lowest BCUT2D eigenvalue weighted by Gasteiger charge is -2.05. The number of benzene rings is 1. The Morgan fingerprint density at radius 2 is 1.95 bits per heavy atom. The Bertz CT molecular complexity index is 910. The van der Waals surface area contributed by atoms with Crippen LogP contribution in [0.3, 0.4) is 0 Å². The van der Waals surface area contributed by atoms with Crippen molar-refractivity contribution in [3.05, 3.63) is 58.3 Å². The number of amides is 1. The molecule has 0 radical (unpaired) electrons. The first-order valence-corrected chi connectivity index (χ1v) is 6.79. The summed E-state index contributed by atoms with van der Waals surface area (Å²) in [4.78, 5) is 27.8. The summed E-state index contributed by atoms with van der Waals surface area (Å²) in [6, 6.07) is 10.5. The topological polar surface area (TPSA) is 81.8 Å². The van der Waals surface area contributed by atoms with Gasteiger partial charge in [0.05, 0.1) is 17.6 Å². The summed E-state index contributed by atoms with van der Waals surface area (Å²) in [5.74, 6) is 0.405. The minimum absolute atomic E-state index is 0.195. The van der Waals surface area contributed by atoms with E-state index in [-0.39, 0.29) is 23.7 Å². The standard InChI is InChI=1S/C15H15N5O2/c1-19-12-6-4-3-5-10(12)17-13(19)9-16-15(22)11-7-8-14(21)20(2)18-11/h3-8H,9H2,1-2H3,(H,16,22). The molecule has 7 nitrogen and oxygen atoms in total. The average molecular weight is 297 g/mol. The molecule has 0 fully saturated rings. The number of nitrogens with one attached hydrogen (secondary N) is 1. The number of nitrogens with zero attached hydrogens (tertiary/aromatic N) is 4. The number of hydrogen-bond donors (Lipinski definition) is 1. The third-order valence-electron chi connectivity index (χ3n) is 3.48. The second kappa shape index (κ2) is 5.44.